The van der Waals surface area contributed by atoms with Crippen molar-refractivity contribution in [2.75, 3.05) is 20.1 Å². The Morgan fingerprint density at radius 3 is 2.90 bits per heavy atom. The van der Waals surface area contributed by atoms with Crippen molar-refractivity contribution in [3.05, 3.63) is 42.2 Å². The lowest BCUT2D eigenvalue weighted by Gasteiger charge is -2.13. The van der Waals surface area contributed by atoms with Crippen LogP contribution in [0.3, 0.4) is 0 Å². The van der Waals surface area contributed by atoms with E-state index in [-0.39, 0.29) is 5.82 Å². The predicted molar refractivity (Wildman–Crippen MR) is 74.6 cm³/mol. The Labute approximate surface area is 117 Å². The highest BCUT2D eigenvalue weighted by atomic mass is 19.1. The number of aromatic nitrogens is 1. The minimum atomic E-state index is -0.247. The van der Waals surface area contributed by atoms with E-state index in [1.165, 1.54) is 12.1 Å². The summed E-state index contributed by atoms with van der Waals surface area (Å²) in [6.45, 7) is 2.80. The molecule has 0 bridgehead atoms. The first kappa shape index (κ1) is 13.3. The number of oxazole rings is 1. The van der Waals surface area contributed by atoms with E-state index >= 15 is 0 Å². The Morgan fingerprint density at radius 1 is 1.40 bits per heavy atom. The van der Waals surface area contributed by atoms with Gasteiger partial charge in [0.2, 0.25) is 5.89 Å². The first-order valence-corrected chi connectivity index (χ1v) is 6.85. The summed E-state index contributed by atoms with van der Waals surface area (Å²) in [6, 6.07) is 6.81. The fourth-order valence-electron chi connectivity index (χ4n) is 2.53. The first-order chi connectivity index (χ1) is 9.74. The monoisotopic (exact) mass is 275 g/mol. The van der Waals surface area contributed by atoms with Crippen LogP contribution in [0, 0.1) is 5.82 Å². The lowest BCUT2D eigenvalue weighted by molar-refractivity contribution is 0.286. The number of rotatable bonds is 4. The van der Waals surface area contributed by atoms with Crippen molar-refractivity contribution >= 4 is 0 Å². The number of nitrogens with zero attached hydrogens (tertiary/aromatic N) is 2. The molecule has 1 aliphatic heterocycles. The number of halogens is 1. The van der Waals surface area contributed by atoms with E-state index in [1.807, 2.05) is 7.05 Å². The van der Waals surface area contributed by atoms with Gasteiger partial charge in [-0.25, -0.2) is 9.37 Å². The molecule has 1 saturated heterocycles. The molecule has 1 aromatic heterocycles. The topological polar surface area (TPSA) is 41.3 Å². The molecule has 1 N–H and O–H groups in total. The third kappa shape index (κ3) is 2.89. The Morgan fingerprint density at radius 2 is 2.20 bits per heavy atom. The van der Waals surface area contributed by atoms with E-state index in [0.717, 1.165) is 31.6 Å². The number of benzene rings is 1. The third-order valence-corrected chi connectivity index (χ3v) is 3.72. The molecule has 1 unspecified atom stereocenters. The van der Waals surface area contributed by atoms with Crippen LogP contribution < -0.4 is 5.32 Å². The highest BCUT2D eigenvalue weighted by Gasteiger charge is 2.22. The molecule has 1 atom stereocenters. The van der Waals surface area contributed by atoms with Crippen molar-refractivity contribution in [3.8, 4) is 11.3 Å². The number of likely N-dealkylation sites (N-methyl/N-ethyl adjacent to an activating group) is 1. The Kier molecular flexibility index (Phi) is 3.80. The predicted octanol–water partition coefficient (Wildman–Crippen LogP) is 2.27. The lowest BCUT2D eigenvalue weighted by Crippen LogP contribution is -2.29. The van der Waals surface area contributed by atoms with Crippen molar-refractivity contribution in [1.29, 1.82) is 0 Å². The number of hydrogen-bond acceptors (Lipinski definition) is 4. The maximum atomic E-state index is 12.9. The molecule has 0 radical (unpaired) electrons. The quantitative estimate of drug-likeness (QED) is 0.929. The molecule has 1 aromatic carbocycles. The average molecular weight is 275 g/mol. The van der Waals surface area contributed by atoms with Crippen LogP contribution in [0.5, 0.6) is 0 Å². The number of nitrogens with one attached hydrogen (secondary N) is 1. The smallest absolute Gasteiger partial charge is 0.209 e. The molecule has 0 amide bonds. The van der Waals surface area contributed by atoms with E-state index in [9.17, 15) is 4.39 Å². The second kappa shape index (κ2) is 5.73. The molecular weight excluding hydrogens is 257 g/mol. The Hall–Kier alpha value is -1.72. The van der Waals surface area contributed by atoms with Crippen LogP contribution in [0.2, 0.25) is 0 Å². The second-order valence-electron chi connectivity index (χ2n) is 5.13. The van der Waals surface area contributed by atoms with Crippen LogP contribution in [0.4, 0.5) is 4.39 Å². The van der Waals surface area contributed by atoms with Gasteiger partial charge in [-0.05, 0) is 37.7 Å². The average Bonchev–Trinajstić information content (AvgIpc) is 3.09. The zero-order valence-electron chi connectivity index (χ0n) is 11.5. The highest BCUT2D eigenvalue weighted by Crippen LogP contribution is 2.22. The summed E-state index contributed by atoms with van der Waals surface area (Å²) in [4.78, 5) is 6.63. The molecule has 1 fully saturated rings. The summed E-state index contributed by atoms with van der Waals surface area (Å²) in [5.41, 5.74) is 0.847. The van der Waals surface area contributed by atoms with Gasteiger partial charge in [0.25, 0.3) is 0 Å². The van der Waals surface area contributed by atoms with E-state index in [1.54, 1.807) is 18.3 Å². The molecular formula is C15H18FN3O. The normalized spacial score (nSPS) is 19.6. The Balaban J connectivity index is 1.66. The Bertz CT molecular complexity index is 567. The van der Waals surface area contributed by atoms with E-state index in [4.69, 9.17) is 4.42 Å². The summed E-state index contributed by atoms with van der Waals surface area (Å²) >= 11 is 0. The van der Waals surface area contributed by atoms with Crippen LogP contribution in [0.15, 0.2) is 34.9 Å². The first-order valence-electron chi connectivity index (χ1n) is 6.85. The van der Waals surface area contributed by atoms with Gasteiger partial charge in [0, 0.05) is 24.7 Å². The van der Waals surface area contributed by atoms with Gasteiger partial charge in [0.15, 0.2) is 5.76 Å². The van der Waals surface area contributed by atoms with E-state index in [0.29, 0.717) is 17.7 Å². The van der Waals surface area contributed by atoms with Gasteiger partial charge < -0.3 is 9.73 Å². The van der Waals surface area contributed by atoms with Crippen LogP contribution in [0.1, 0.15) is 12.3 Å². The molecule has 2 heterocycles. The molecule has 1 aliphatic rings. The van der Waals surface area contributed by atoms with E-state index < -0.39 is 0 Å². The summed E-state index contributed by atoms with van der Waals surface area (Å²) in [5.74, 6) is 1.15. The minimum Gasteiger partial charge on any atom is -0.439 e. The van der Waals surface area contributed by atoms with Gasteiger partial charge in [-0.1, -0.05) is 0 Å². The number of likely N-dealkylation sites (tertiary alicyclic amines) is 1. The van der Waals surface area contributed by atoms with Crippen molar-refractivity contribution < 1.29 is 8.81 Å². The second-order valence-corrected chi connectivity index (χ2v) is 5.13. The van der Waals surface area contributed by atoms with Crippen LogP contribution in [-0.2, 0) is 6.54 Å². The molecule has 4 nitrogen and oxygen atoms in total. The van der Waals surface area contributed by atoms with Gasteiger partial charge in [-0.2, -0.15) is 0 Å². The van der Waals surface area contributed by atoms with Gasteiger partial charge in [-0.15, -0.1) is 0 Å². The molecule has 0 saturated carbocycles. The summed E-state index contributed by atoms with van der Waals surface area (Å²) in [5, 5.41) is 3.29. The van der Waals surface area contributed by atoms with Crippen LogP contribution in [-0.4, -0.2) is 36.1 Å². The third-order valence-electron chi connectivity index (χ3n) is 3.72. The maximum Gasteiger partial charge on any atom is 0.209 e. The summed E-state index contributed by atoms with van der Waals surface area (Å²) in [6.07, 6.45) is 2.86. The maximum absolute atomic E-state index is 12.9. The summed E-state index contributed by atoms with van der Waals surface area (Å²) < 4.78 is 18.6. The van der Waals surface area contributed by atoms with Gasteiger partial charge in [-0.3, -0.25) is 4.90 Å². The van der Waals surface area contributed by atoms with Crippen molar-refractivity contribution in [2.24, 2.45) is 0 Å². The van der Waals surface area contributed by atoms with Crippen molar-refractivity contribution in [1.82, 2.24) is 15.2 Å². The molecule has 5 heteroatoms. The highest BCUT2D eigenvalue weighted by molar-refractivity contribution is 5.55. The molecule has 0 aliphatic carbocycles. The van der Waals surface area contributed by atoms with Gasteiger partial charge >= 0.3 is 0 Å². The fourth-order valence-corrected chi connectivity index (χ4v) is 2.53. The standard InChI is InChI=1S/C15H18FN3O/c1-17-13-6-7-19(9-13)10-15-18-8-14(20-15)11-2-4-12(16)5-3-11/h2-5,8,13,17H,6-7,9-10H2,1H3. The zero-order valence-corrected chi connectivity index (χ0v) is 11.5. The SMILES string of the molecule is CNC1CCN(Cc2ncc(-c3ccc(F)cc3)o2)C1. The van der Waals surface area contributed by atoms with Crippen molar-refractivity contribution in [2.45, 2.75) is 19.0 Å². The van der Waals surface area contributed by atoms with Gasteiger partial charge in [0.05, 0.1) is 12.7 Å². The van der Waals surface area contributed by atoms with Gasteiger partial charge in [0.1, 0.15) is 5.82 Å². The molecule has 2 aromatic rings. The molecule has 0 spiro atoms. The van der Waals surface area contributed by atoms with Crippen molar-refractivity contribution in [3.63, 3.8) is 0 Å². The molecule has 3 rings (SSSR count). The summed E-state index contributed by atoms with van der Waals surface area (Å²) in [7, 11) is 1.99. The van der Waals surface area contributed by atoms with Crippen LogP contribution >= 0.6 is 0 Å². The van der Waals surface area contributed by atoms with E-state index in [2.05, 4.69) is 15.2 Å². The fraction of sp³-hybridized carbons (Fsp3) is 0.400. The minimum absolute atomic E-state index is 0.247. The zero-order chi connectivity index (χ0) is 13.9. The van der Waals surface area contributed by atoms with Crippen LogP contribution in [0.25, 0.3) is 11.3 Å². The molecule has 20 heavy (non-hydrogen) atoms. The lowest BCUT2D eigenvalue weighted by atomic mass is 10.2. The number of hydrogen-bond donors (Lipinski definition) is 1. The molecule has 106 valence electrons. The largest absolute Gasteiger partial charge is 0.439 e.